The highest BCUT2D eigenvalue weighted by Crippen LogP contribution is 2.35. The number of nitrogens with zero attached hydrogens (tertiary/aromatic N) is 3. The maximum absolute atomic E-state index is 11.7. The summed E-state index contributed by atoms with van der Waals surface area (Å²) in [5.41, 5.74) is 0.0477. The minimum absolute atomic E-state index is 0.142. The fourth-order valence-electron chi connectivity index (χ4n) is 3.21. The molecule has 0 spiro atoms. The Balaban J connectivity index is 1.82. The fourth-order valence-corrected chi connectivity index (χ4v) is 3.21. The van der Waals surface area contributed by atoms with Gasteiger partial charge in [0.1, 0.15) is 12.1 Å². The number of nitrogens with one attached hydrogen (secondary N) is 1. The number of methoxy groups -OCH3 is 1. The van der Waals surface area contributed by atoms with E-state index in [2.05, 4.69) is 20.0 Å². The lowest BCUT2D eigenvalue weighted by molar-refractivity contribution is -0.385. The Morgan fingerprint density at radius 1 is 1.14 bits per heavy atom. The van der Waals surface area contributed by atoms with Crippen molar-refractivity contribution < 1.29 is 19.2 Å². The van der Waals surface area contributed by atoms with Crippen molar-refractivity contribution in [3.63, 3.8) is 0 Å². The number of carbonyl (C=O) groups excluding carboxylic acids is 1. The number of benzene rings is 1. The molecule has 0 atom stereocenters. The van der Waals surface area contributed by atoms with Gasteiger partial charge in [-0.05, 0) is 37.1 Å². The average molecular weight is 386 g/mol. The van der Waals surface area contributed by atoms with Crippen molar-refractivity contribution in [1.82, 2.24) is 9.97 Å². The van der Waals surface area contributed by atoms with E-state index in [0.29, 0.717) is 11.3 Å². The van der Waals surface area contributed by atoms with E-state index in [4.69, 9.17) is 4.74 Å². The molecule has 1 saturated carbocycles. The number of esters is 1. The van der Waals surface area contributed by atoms with Crippen molar-refractivity contribution in [3.8, 4) is 11.6 Å². The smallest absolute Gasteiger partial charge is 0.373 e. The number of hydrogen-bond donors (Lipinski definition) is 1. The monoisotopic (exact) mass is 386 g/mol. The van der Waals surface area contributed by atoms with Crippen LogP contribution in [0.5, 0.6) is 11.6 Å². The molecule has 0 unspecified atom stereocenters. The molecular weight excluding hydrogens is 364 g/mol. The average Bonchev–Trinajstić information content (AvgIpc) is 2.96. The van der Waals surface area contributed by atoms with E-state index in [1.54, 1.807) is 0 Å². The highest BCUT2D eigenvalue weighted by Gasteiger charge is 2.27. The van der Waals surface area contributed by atoms with Gasteiger partial charge in [-0.3, -0.25) is 10.1 Å². The van der Waals surface area contributed by atoms with E-state index in [1.807, 2.05) is 0 Å². The van der Waals surface area contributed by atoms with Crippen molar-refractivity contribution in [3.05, 3.63) is 46.3 Å². The Morgan fingerprint density at radius 3 is 2.43 bits per heavy atom. The molecular formula is C19H22N4O5. The van der Waals surface area contributed by atoms with E-state index >= 15 is 0 Å². The van der Waals surface area contributed by atoms with Crippen molar-refractivity contribution in [2.24, 2.45) is 0 Å². The lowest BCUT2D eigenvalue weighted by atomic mass is 10.1. The third kappa shape index (κ3) is 4.73. The quantitative estimate of drug-likeness (QED) is 0.341. The molecule has 0 amide bonds. The van der Waals surface area contributed by atoms with Gasteiger partial charge in [0, 0.05) is 6.04 Å². The molecule has 1 aromatic carbocycles. The third-order valence-corrected chi connectivity index (χ3v) is 4.66. The molecule has 1 aromatic heterocycles. The molecule has 1 aliphatic rings. The first kappa shape index (κ1) is 19.5. The molecule has 3 rings (SSSR count). The van der Waals surface area contributed by atoms with Gasteiger partial charge in [-0.1, -0.05) is 25.7 Å². The van der Waals surface area contributed by atoms with Crippen LogP contribution < -0.4 is 10.1 Å². The summed E-state index contributed by atoms with van der Waals surface area (Å²) in [6.45, 7) is 0. The Hall–Kier alpha value is -3.23. The second-order valence-corrected chi connectivity index (χ2v) is 6.58. The Labute approximate surface area is 162 Å². The van der Waals surface area contributed by atoms with Gasteiger partial charge in [0.05, 0.1) is 17.6 Å². The Kier molecular flexibility index (Phi) is 6.36. The summed E-state index contributed by atoms with van der Waals surface area (Å²) in [4.78, 5) is 30.6. The van der Waals surface area contributed by atoms with E-state index < -0.39 is 10.9 Å². The second kappa shape index (κ2) is 9.12. The Morgan fingerprint density at radius 2 is 1.82 bits per heavy atom. The molecule has 0 bridgehead atoms. The maximum Gasteiger partial charge on any atom is 0.373 e. The summed E-state index contributed by atoms with van der Waals surface area (Å²) >= 11 is 0. The van der Waals surface area contributed by atoms with E-state index in [0.717, 1.165) is 25.7 Å². The van der Waals surface area contributed by atoms with Gasteiger partial charge >= 0.3 is 17.5 Å². The van der Waals surface area contributed by atoms with Crippen LogP contribution in [0.4, 0.5) is 11.5 Å². The molecule has 1 heterocycles. The van der Waals surface area contributed by atoms with Crippen LogP contribution in [-0.4, -0.2) is 34.0 Å². The number of aromatic nitrogens is 2. The first-order valence-electron chi connectivity index (χ1n) is 9.20. The summed E-state index contributed by atoms with van der Waals surface area (Å²) in [6.07, 6.45) is 7.68. The zero-order valence-electron chi connectivity index (χ0n) is 15.6. The number of ether oxygens (including phenoxy) is 2. The lowest BCUT2D eigenvalue weighted by Gasteiger charge is -2.17. The summed E-state index contributed by atoms with van der Waals surface area (Å²) < 4.78 is 10.3. The van der Waals surface area contributed by atoms with Gasteiger partial charge < -0.3 is 14.8 Å². The van der Waals surface area contributed by atoms with Crippen LogP contribution in [0.15, 0.2) is 30.6 Å². The summed E-state index contributed by atoms with van der Waals surface area (Å²) in [7, 11) is 1.29. The second-order valence-electron chi connectivity index (χ2n) is 6.58. The largest absolute Gasteiger partial charge is 0.465 e. The van der Waals surface area contributed by atoms with Crippen molar-refractivity contribution in [1.29, 1.82) is 0 Å². The molecule has 28 heavy (non-hydrogen) atoms. The number of anilines is 1. The molecule has 2 aromatic rings. The van der Waals surface area contributed by atoms with Crippen LogP contribution in [0.2, 0.25) is 0 Å². The first-order valence-corrected chi connectivity index (χ1v) is 9.20. The SMILES string of the molecule is COC(=O)c1ccc(Oc2ncnc(NC3CCCCCC3)c2[N+](=O)[O-])cc1. The fraction of sp³-hybridized carbons (Fsp3) is 0.421. The van der Waals surface area contributed by atoms with Crippen molar-refractivity contribution in [2.45, 2.75) is 44.6 Å². The third-order valence-electron chi connectivity index (χ3n) is 4.66. The molecule has 0 radical (unpaired) electrons. The van der Waals surface area contributed by atoms with E-state index in [-0.39, 0.29) is 23.4 Å². The Bertz CT molecular complexity index is 833. The maximum atomic E-state index is 11.7. The molecule has 1 aliphatic carbocycles. The zero-order chi connectivity index (χ0) is 19.9. The normalized spacial score (nSPS) is 14.8. The predicted molar refractivity (Wildman–Crippen MR) is 102 cm³/mol. The van der Waals surface area contributed by atoms with Crippen molar-refractivity contribution >= 4 is 17.5 Å². The minimum Gasteiger partial charge on any atom is -0.465 e. The van der Waals surface area contributed by atoms with Gasteiger partial charge in [-0.2, -0.15) is 4.98 Å². The number of rotatable bonds is 6. The molecule has 1 N–H and O–H groups in total. The molecule has 148 valence electrons. The van der Waals surface area contributed by atoms with Crippen LogP contribution in [0, 0.1) is 10.1 Å². The number of nitro groups is 1. The highest BCUT2D eigenvalue weighted by molar-refractivity contribution is 5.89. The first-order chi connectivity index (χ1) is 13.6. The molecule has 0 saturated heterocycles. The van der Waals surface area contributed by atoms with Crippen LogP contribution in [0.25, 0.3) is 0 Å². The van der Waals surface area contributed by atoms with Gasteiger partial charge in [-0.15, -0.1) is 0 Å². The van der Waals surface area contributed by atoms with E-state index in [9.17, 15) is 14.9 Å². The number of hydrogen-bond acceptors (Lipinski definition) is 8. The van der Waals surface area contributed by atoms with E-state index in [1.165, 1.54) is 50.5 Å². The minimum atomic E-state index is -0.544. The summed E-state index contributed by atoms with van der Waals surface area (Å²) in [6, 6.07) is 6.22. The van der Waals surface area contributed by atoms with Crippen molar-refractivity contribution in [2.75, 3.05) is 12.4 Å². The van der Waals surface area contributed by atoms with Gasteiger partial charge in [0.15, 0.2) is 0 Å². The van der Waals surface area contributed by atoms with Crippen LogP contribution in [0.3, 0.4) is 0 Å². The predicted octanol–water partition coefficient (Wildman–Crippen LogP) is 4.10. The van der Waals surface area contributed by atoms with Crippen LogP contribution >= 0.6 is 0 Å². The topological polar surface area (TPSA) is 116 Å². The summed E-state index contributed by atoms with van der Waals surface area (Å²) in [5.74, 6) is -0.153. The number of carbonyl (C=O) groups is 1. The molecule has 9 heteroatoms. The highest BCUT2D eigenvalue weighted by atomic mass is 16.6. The van der Waals surface area contributed by atoms with Crippen LogP contribution in [-0.2, 0) is 4.74 Å². The standard InChI is InChI=1S/C19H22N4O5/c1-27-19(24)13-8-10-15(11-9-13)28-18-16(23(25)26)17(20-12-21-18)22-14-6-4-2-3-5-7-14/h8-12,14H,2-7H2,1H3,(H,20,21,22). The van der Waals surface area contributed by atoms with Gasteiger partial charge in [0.25, 0.3) is 0 Å². The summed E-state index contributed by atoms with van der Waals surface area (Å²) in [5, 5.41) is 14.9. The molecule has 1 fully saturated rings. The lowest BCUT2D eigenvalue weighted by Crippen LogP contribution is -2.20. The molecule has 0 aliphatic heterocycles. The molecule has 9 nitrogen and oxygen atoms in total. The van der Waals surface area contributed by atoms with Crippen LogP contribution in [0.1, 0.15) is 48.9 Å². The van der Waals surface area contributed by atoms with Gasteiger partial charge in [-0.25, -0.2) is 9.78 Å². The zero-order valence-corrected chi connectivity index (χ0v) is 15.6. The van der Waals surface area contributed by atoms with Gasteiger partial charge in [0.2, 0.25) is 5.82 Å².